The number of nitro benzene ring substituents is 1. The van der Waals surface area contributed by atoms with E-state index in [1.54, 1.807) is 19.9 Å². The highest BCUT2D eigenvalue weighted by Gasteiger charge is 2.38. The van der Waals surface area contributed by atoms with Crippen molar-refractivity contribution in [2.45, 2.75) is 32.2 Å². The maximum atomic E-state index is 13.7. The lowest BCUT2D eigenvalue weighted by atomic mass is 9.80. The van der Waals surface area contributed by atoms with Crippen molar-refractivity contribution in [2.75, 3.05) is 45.9 Å². The van der Waals surface area contributed by atoms with Crippen LogP contribution in [-0.4, -0.2) is 72.6 Å². The van der Waals surface area contributed by atoms with Crippen LogP contribution in [0.25, 0.3) is 0 Å². The average molecular weight is 650 g/mol. The summed E-state index contributed by atoms with van der Waals surface area (Å²) in [7, 11) is 0. The third-order valence-corrected chi connectivity index (χ3v) is 8.70. The molecule has 48 heavy (non-hydrogen) atoms. The van der Waals surface area contributed by atoms with E-state index < -0.39 is 22.8 Å². The first-order chi connectivity index (χ1) is 23.3. The SMILES string of the molecule is CC1=C(C(=O)OCCC#N)C(c2cccc([N+](=O)[O-])c2)C(C(=O)OCCN2CCN(C(c3ccccc3)c3ccccc3)CC2)=C(C)N1. The second-order valence-electron chi connectivity index (χ2n) is 11.8. The lowest BCUT2D eigenvalue weighted by Gasteiger charge is -2.39. The van der Waals surface area contributed by atoms with Crippen LogP contribution in [0.15, 0.2) is 107 Å². The third-order valence-electron chi connectivity index (χ3n) is 8.70. The van der Waals surface area contributed by atoms with E-state index in [2.05, 4.69) is 63.6 Å². The number of hydrogen-bond donors (Lipinski definition) is 1. The largest absolute Gasteiger partial charge is 0.461 e. The summed E-state index contributed by atoms with van der Waals surface area (Å²) in [5.74, 6) is -2.31. The summed E-state index contributed by atoms with van der Waals surface area (Å²) in [6, 6.07) is 28.9. The zero-order chi connectivity index (χ0) is 34.0. The van der Waals surface area contributed by atoms with Gasteiger partial charge in [0.25, 0.3) is 5.69 Å². The summed E-state index contributed by atoms with van der Waals surface area (Å²) in [4.78, 5) is 42.9. The number of piperazine rings is 1. The lowest BCUT2D eigenvalue weighted by Crippen LogP contribution is -2.48. The number of benzene rings is 3. The summed E-state index contributed by atoms with van der Waals surface area (Å²) >= 11 is 0. The van der Waals surface area contributed by atoms with E-state index >= 15 is 0 Å². The summed E-state index contributed by atoms with van der Waals surface area (Å²) < 4.78 is 11.2. The van der Waals surface area contributed by atoms with Crippen molar-refractivity contribution in [3.05, 3.63) is 134 Å². The number of dihydropyridines is 1. The number of carbonyl (C=O) groups is 2. The molecule has 2 aliphatic heterocycles. The number of nitriles is 1. The molecule has 0 aromatic heterocycles. The molecular weight excluding hydrogens is 610 g/mol. The van der Waals surface area contributed by atoms with Gasteiger partial charge in [-0.15, -0.1) is 0 Å². The maximum absolute atomic E-state index is 13.7. The molecule has 11 nitrogen and oxygen atoms in total. The number of allylic oxidation sites excluding steroid dienone is 2. The van der Waals surface area contributed by atoms with Crippen LogP contribution >= 0.6 is 0 Å². The minimum Gasteiger partial charge on any atom is -0.461 e. The van der Waals surface area contributed by atoms with Crippen molar-refractivity contribution >= 4 is 17.6 Å². The van der Waals surface area contributed by atoms with Gasteiger partial charge in [-0.05, 0) is 30.5 Å². The molecule has 1 fully saturated rings. The number of rotatable bonds is 12. The Morgan fingerprint density at radius 1 is 0.875 bits per heavy atom. The van der Waals surface area contributed by atoms with Gasteiger partial charge in [-0.3, -0.25) is 19.9 Å². The fraction of sp³-hybridized carbons (Fsp3) is 0.324. The molecule has 0 bridgehead atoms. The van der Waals surface area contributed by atoms with Crippen molar-refractivity contribution < 1.29 is 24.0 Å². The first-order valence-corrected chi connectivity index (χ1v) is 16.0. The van der Waals surface area contributed by atoms with Gasteiger partial charge in [-0.2, -0.15) is 5.26 Å². The number of esters is 2. The number of nitrogens with one attached hydrogen (secondary N) is 1. The Bertz CT molecular complexity index is 1690. The monoisotopic (exact) mass is 649 g/mol. The molecule has 0 spiro atoms. The van der Waals surface area contributed by atoms with Crippen LogP contribution < -0.4 is 5.32 Å². The smallest absolute Gasteiger partial charge is 0.336 e. The van der Waals surface area contributed by atoms with Gasteiger partial charge in [0.2, 0.25) is 0 Å². The highest BCUT2D eigenvalue weighted by molar-refractivity contribution is 6.00. The predicted molar refractivity (Wildman–Crippen MR) is 179 cm³/mol. The van der Waals surface area contributed by atoms with E-state index in [1.807, 2.05) is 18.2 Å². The Morgan fingerprint density at radius 3 is 1.98 bits per heavy atom. The van der Waals surface area contributed by atoms with Crippen LogP contribution in [0.5, 0.6) is 0 Å². The van der Waals surface area contributed by atoms with E-state index in [9.17, 15) is 19.7 Å². The molecule has 3 aromatic carbocycles. The number of nitrogens with zero attached hydrogens (tertiary/aromatic N) is 4. The molecule has 2 heterocycles. The molecule has 11 heteroatoms. The Kier molecular flexibility index (Phi) is 11.3. The van der Waals surface area contributed by atoms with Gasteiger partial charge in [0.15, 0.2) is 0 Å². The van der Waals surface area contributed by atoms with Crippen LogP contribution in [0.3, 0.4) is 0 Å². The molecule has 1 saturated heterocycles. The number of nitro groups is 1. The van der Waals surface area contributed by atoms with E-state index in [4.69, 9.17) is 14.7 Å². The van der Waals surface area contributed by atoms with E-state index in [1.165, 1.54) is 29.3 Å². The molecule has 1 N–H and O–H groups in total. The van der Waals surface area contributed by atoms with Crippen molar-refractivity contribution in [3.63, 3.8) is 0 Å². The Morgan fingerprint density at radius 2 is 1.44 bits per heavy atom. The highest BCUT2D eigenvalue weighted by Crippen LogP contribution is 2.40. The van der Waals surface area contributed by atoms with Gasteiger partial charge in [-0.1, -0.05) is 72.8 Å². The third kappa shape index (κ3) is 7.97. The van der Waals surface area contributed by atoms with Crippen molar-refractivity contribution in [1.29, 1.82) is 5.26 Å². The first-order valence-electron chi connectivity index (χ1n) is 16.0. The van der Waals surface area contributed by atoms with Crippen LogP contribution in [-0.2, 0) is 19.1 Å². The summed E-state index contributed by atoms with van der Waals surface area (Å²) in [5.41, 5.74) is 3.92. The number of carbonyl (C=O) groups excluding carboxylic acids is 2. The van der Waals surface area contributed by atoms with Crippen LogP contribution in [0, 0.1) is 21.4 Å². The molecule has 2 aliphatic rings. The second-order valence-corrected chi connectivity index (χ2v) is 11.8. The van der Waals surface area contributed by atoms with Gasteiger partial charge in [0.05, 0.1) is 40.5 Å². The summed E-state index contributed by atoms with van der Waals surface area (Å²) in [5, 5.41) is 23.6. The van der Waals surface area contributed by atoms with Crippen molar-refractivity contribution in [3.8, 4) is 6.07 Å². The van der Waals surface area contributed by atoms with Gasteiger partial charge in [0.1, 0.15) is 13.2 Å². The molecule has 5 rings (SSSR count). The van der Waals surface area contributed by atoms with E-state index in [0.29, 0.717) is 23.5 Å². The van der Waals surface area contributed by atoms with Crippen LogP contribution in [0.1, 0.15) is 48.9 Å². The Hall–Kier alpha value is -5.31. The zero-order valence-electron chi connectivity index (χ0n) is 27.1. The Balaban J connectivity index is 1.27. The first kappa shape index (κ1) is 34.0. The summed E-state index contributed by atoms with van der Waals surface area (Å²) in [6.07, 6.45) is 0.00413. The summed E-state index contributed by atoms with van der Waals surface area (Å²) in [6.45, 7) is 7.19. The van der Waals surface area contributed by atoms with Crippen LogP contribution in [0.2, 0.25) is 0 Å². The van der Waals surface area contributed by atoms with Crippen molar-refractivity contribution in [1.82, 2.24) is 15.1 Å². The molecule has 0 aliphatic carbocycles. The van der Waals surface area contributed by atoms with Crippen molar-refractivity contribution in [2.24, 2.45) is 0 Å². The van der Waals surface area contributed by atoms with Gasteiger partial charge in [-0.25, -0.2) is 9.59 Å². The second kappa shape index (κ2) is 16.0. The van der Waals surface area contributed by atoms with Gasteiger partial charge in [0, 0.05) is 56.3 Å². The fourth-order valence-electron chi connectivity index (χ4n) is 6.43. The van der Waals surface area contributed by atoms with Crippen LogP contribution in [0.4, 0.5) is 5.69 Å². The maximum Gasteiger partial charge on any atom is 0.336 e. The number of ether oxygens (including phenoxy) is 2. The minimum absolute atomic E-state index is 0.00413. The molecule has 0 radical (unpaired) electrons. The quantitative estimate of drug-likeness (QED) is 0.120. The molecular formula is C37H39N5O6. The molecule has 1 atom stereocenters. The molecule has 0 amide bonds. The van der Waals surface area contributed by atoms with E-state index in [-0.39, 0.29) is 42.5 Å². The molecule has 248 valence electrons. The van der Waals surface area contributed by atoms with Gasteiger partial charge >= 0.3 is 11.9 Å². The topological polar surface area (TPSA) is 138 Å². The fourth-order valence-corrected chi connectivity index (χ4v) is 6.43. The highest BCUT2D eigenvalue weighted by atomic mass is 16.6. The number of non-ortho nitro benzene ring substituents is 1. The molecule has 3 aromatic rings. The Labute approximate surface area is 280 Å². The molecule has 0 saturated carbocycles. The predicted octanol–water partition coefficient (Wildman–Crippen LogP) is 5.24. The number of hydrogen-bond acceptors (Lipinski definition) is 10. The normalized spacial score (nSPS) is 17.1. The van der Waals surface area contributed by atoms with E-state index in [0.717, 1.165) is 26.2 Å². The van der Waals surface area contributed by atoms with Gasteiger partial charge < -0.3 is 14.8 Å². The minimum atomic E-state index is -0.968. The average Bonchev–Trinajstić information content (AvgIpc) is 3.09. The lowest BCUT2D eigenvalue weighted by molar-refractivity contribution is -0.384. The molecule has 1 unspecified atom stereocenters. The standard InChI is InChI=1S/C37H39N5O6/c1-26-32(36(43)47-23-10-17-38)34(30-15-9-16-31(25-30)42(45)46)33(27(2)39-26)37(44)48-24-22-40-18-20-41(21-19-40)35(28-11-5-3-6-12-28)29-13-7-4-8-14-29/h3-9,11-16,25,34-35,39H,10,18-24H2,1-2H3. The zero-order valence-corrected chi connectivity index (χ0v) is 27.1.